The minimum atomic E-state index is -0.161. The summed E-state index contributed by atoms with van der Waals surface area (Å²) in [6.07, 6.45) is 2.34. The van der Waals surface area contributed by atoms with Gasteiger partial charge in [-0.25, -0.2) is 0 Å². The Morgan fingerprint density at radius 3 is 2.56 bits per heavy atom. The van der Waals surface area contributed by atoms with Gasteiger partial charge in [0.2, 0.25) is 0 Å². The van der Waals surface area contributed by atoms with Crippen LogP contribution in [0.4, 0.5) is 0 Å². The first kappa shape index (κ1) is 18.8. The van der Waals surface area contributed by atoms with Crippen LogP contribution in [0.15, 0.2) is 12.4 Å². The molecule has 9 nitrogen and oxygen atoms in total. The zero-order valence-corrected chi connectivity index (χ0v) is 16.7. The maximum Gasteiger partial charge on any atom is 0.269 e. The predicted octanol–water partition coefficient (Wildman–Crippen LogP) is 1.58. The Bertz CT molecular complexity index is 962. The third-order valence-corrected chi connectivity index (χ3v) is 4.72. The van der Waals surface area contributed by atoms with Gasteiger partial charge in [-0.2, -0.15) is 10.2 Å². The van der Waals surface area contributed by atoms with Gasteiger partial charge in [-0.1, -0.05) is 0 Å². The summed E-state index contributed by atoms with van der Waals surface area (Å²) in [5, 5.41) is 19.9. The molecule has 9 heteroatoms. The number of nitrogens with zero attached hydrogens (tertiary/aromatic N) is 7. The van der Waals surface area contributed by atoms with Crippen molar-refractivity contribution in [3.8, 4) is 11.3 Å². The zero-order valence-electron chi connectivity index (χ0n) is 16.7. The highest BCUT2D eigenvalue weighted by Crippen LogP contribution is 2.25. The van der Waals surface area contributed by atoms with Gasteiger partial charge in [-0.05, 0) is 33.8 Å². The summed E-state index contributed by atoms with van der Waals surface area (Å²) in [6, 6.07) is 2.10. The van der Waals surface area contributed by atoms with E-state index in [9.17, 15) is 4.79 Å². The van der Waals surface area contributed by atoms with Crippen molar-refractivity contribution >= 4 is 5.91 Å². The molecule has 0 aliphatic carbocycles. The van der Waals surface area contributed by atoms with Gasteiger partial charge >= 0.3 is 0 Å². The van der Waals surface area contributed by atoms with E-state index in [1.54, 1.807) is 18.1 Å². The number of hydrogen-bond donors (Lipinski definition) is 1. The van der Waals surface area contributed by atoms with Crippen LogP contribution in [-0.2, 0) is 20.5 Å². The van der Waals surface area contributed by atoms with Crippen LogP contribution in [-0.4, -0.2) is 46.8 Å². The van der Waals surface area contributed by atoms with Gasteiger partial charge in [0.05, 0.1) is 11.4 Å². The van der Waals surface area contributed by atoms with Crippen LogP contribution >= 0.6 is 0 Å². The van der Waals surface area contributed by atoms with Crippen LogP contribution in [0.5, 0.6) is 0 Å². The number of aromatic nitrogens is 7. The van der Waals surface area contributed by atoms with Crippen molar-refractivity contribution in [2.24, 2.45) is 14.1 Å². The van der Waals surface area contributed by atoms with Crippen molar-refractivity contribution in [1.29, 1.82) is 0 Å². The van der Waals surface area contributed by atoms with Crippen molar-refractivity contribution < 1.29 is 4.79 Å². The van der Waals surface area contributed by atoms with E-state index in [0.717, 1.165) is 28.5 Å². The Kier molecular flexibility index (Phi) is 5.11. The molecular weight excluding hydrogens is 344 g/mol. The van der Waals surface area contributed by atoms with Crippen LogP contribution in [0.25, 0.3) is 11.3 Å². The van der Waals surface area contributed by atoms with E-state index >= 15 is 0 Å². The van der Waals surface area contributed by atoms with E-state index in [1.807, 2.05) is 36.2 Å². The number of aryl methyl sites for hydroxylation is 3. The molecule has 3 aromatic rings. The second-order valence-corrected chi connectivity index (χ2v) is 6.96. The monoisotopic (exact) mass is 370 g/mol. The number of amides is 1. The molecule has 0 aromatic carbocycles. The smallest absolute Gasteiger partial charge is 0.269 e. The van der Waals surface area contributed by atoms with Crippen LogP contribution < -0.4 is 5.32 Å². The molecule has 0 unspecified atom stereocenters. The average molecular weight is 370 g/mol. The van der Waals surface area contributed by atoms with E-state index in [-0.39, 0.29) is 11.9 Å². The van der Waals surface area contributed by atoms with Gasteiger partial charge in [0, 0.05) is 44.4 Å². The summed E-state index contributed by atoms with van der Waals surface area (Å²) in [4.78, 5) is 12.6. The second-order valence-electron chi connectivity index (χ2n) is 6.96. The Morgan fingerprint density at radius 1 is 1.19 bits per heavy atom. The topological polar surface area (TPSA) is 95.5 Å². The van der Waals surface area contributed by atoms with E-state index in [0.29, 0.717) is 18.7 Å². The number of rotatable bonds is 6. The number of nitrogens with one attached hydrogen (secondary N) is 1. The van der Waals surface area contributed by atoms with Crippen LogP contribution in [0.1, 0.15) is 47.6 Å². The molecule has 1 N–H and O–H groups in total. The predicted molar refractivity (Wildman–Crippen MR) is 101 cm³/mol. The van der Waals surface area contributed by atoms with Crippen molar-refractivity contribution in [3.63, 3.8) is 0 Å². The molecule has 0 bridgehead atoms. The molecule has 1 amide bonds. The molecule has 0 saturated carbocycles. The molecule has 144 valence electrons. The van der Waals surface area contributed by atoms with E-state index in [1.165, 1.54) is 0 Å². The lowest BCUT2D eigenvalue weighted by molar-refractivity contribution is 0.0944. The normalized spacial score (nSPS) is 11.4. The summed E-state index contributed by atoms with van der Waals surface area (Å²) in [7, 11) is 3.67. The fraction of sp³-hybridized carbons (Fsp3) is 0.500. The maximum absolute atomic E-state index is 12.6. The largest absolute Gasteiger partial charge is 0.350 e. The fourth-order valence-electron chi connectivity index (χ4n) is 3.20. The third kappa shape index (κ3) is 3.62. The summed E-state index contributed by atoms with van der Waals surface area (Å²) in [5.41, 5.74) is 4.15. The SMILES string of the molecule is Cc1nn(C)c(C)c1-c1cc(C(=O)NCCc2nncn2C(C)C)n(C)n1. The Balaban J connectivity index is 1.71. The van der Waals surface area contributed by atoms with E-state index < -0.39 is 0 Å². The molecule has 3 heterocycles. The summed E-state index contributed by atoms with van der Waals surface area (Å²) >= 11 is 0. The third-order valence-electron chi connectivity index (χ3n) is 4.72. The van der Waals surface area contributed by atoms with Gasteiger partial charge in [-0.15, -0.1) is 10.2 Å². The molecule has 3 aromatic heterocycles. The zero-order chi connectivity index (χ0) is 19.7. The Labute approximate surface area is 158 Å². The number of carbonyl (C=O) groups excluding carboxylic acids is 1. The molecule has 0 aliphatic heterocycles. The average Bonchev–Trinajstić information content (AvgIpc) is 3.27. The molecule has 0 radical (unpaired) electrons. The lowest BCUT2D eigenvalue weighted by Crippen LogP contribution is -2.28. The molecule has 0 atom stereocenters. The standard InChI is InChI=1S/C18H26N8O/c1-11(2)26-10-20-21-16(26)7-8-19-18(27)15-9-14(23-25(15)6)17-12(3)22-24(5)13(17)4/h9-11H,7-8H2,1-6H3,(H,19,27). The maximum atomic E-state index is 12.6. The number of carbonyl (C=O) groups is 1. The van der Waals surface area contributed by atoms with Gasteiger partial charge in [0.15, 0.2) is 0 Å². The van der Waals surface area contributed by atoms with Crippen LogP contribution in [0.2, 0.25) is 0 Å². The minimum absolute atomic E-state index is 0.161. The van der Waals surface area contributed by atoms with Crippen molar-refractivity contribution in [2.75, 3.05) is 6.54 Å². The first-order valence-corrected chi connectivity index (χ1v) is 9.00. The molecule has 3 rings (SSSR count). The van der Waals surface area contributed by atoms with Crippen molar-refractivity contribution in [2.45, 2.75) is 40.2 Å². The first-order chi connectivity index (χ1) is 12.8. The fourth-order valence-corrected chi connectivity index (χ4v) is 3.20. The highest BCUT2D eigenvalue weighted by atomic mass is 16.2. The summed E-state index contributed by atoms with van der Waals surface area (Å²) < 4.78 is 5.43. The molecular formula is C18H26N8O. The summed E-state index contributed by atoms with van der Waals surface area (Å²) in [5.74, 6) is 0.698. The Morgan fingerprint density at radius 2 is 1.93 bits per heavy atom. The molecule has 27 heavy (non-hydrogen) atoms. The van der Waals surface area contributed by atoms with E-state index in [4.69, 9.17) is 0 Å². The lowest BCUT2D eigenvalue weighted by Gasteiger charge is -2.10. The highest BCUT2D eigenvalue weighted by Gasteiger charge is 2.19. The minimum Gasteiger partial charge on any atom is -0.350 e. The highest BCUT2D eigenvalue weighted by molar-refractivity contribution is 5.93. The lowest BCUT2D eigenvalue weighted by atomic mass is 10.1. The van der Waals surface area contributed by atoms with Crippen LogP contribution in [0.3, 0.4) is 0 Å². The van der Waals surface area contributed by atoms with Crippen LogP contribution in [0, 0.1) is 13.8 Å². The van der Waals surface area contributed by atoms with Crippen molar-refractivity contribution in [1.82, 2.24) is 39.6 Å². The number of hydrogen-bond acceptors (Lipinski definition) is 5. The molecule has 0 saturated heterocycles. The Hall–Kier alpha value is -2.97. The second kappa shape index (κ2) is 7.34. The molecule has 0 aliphatic rings. The summed E-state index contributed by atoms with van der Waals surface area (Å²) in [6.45, 7) is 8.57. The molecule has 0 spiro atoms. The van der Waals surface area contributed by atoms with Crippen molar-refractivity contribution in [3.05, 3.63) is 35.3 Å². The van der Waals surface area contributed by atoms with Gasteiger partial charge in [0.1, 0.15) is 17.8 Å². The van der Waals surface area contributed by atoms with Gasteiger partial charge in [0.25, 0.3) is 5.91 Å². The molecule has 0 fully saturated rings. The van der Waals surface area contributed by atoms with Gasteiger partial charge in [-0.3, -0.25) is 14.2 Å². The van der Waals surface area contributed by atoms with Gasteiger partial charge < -0.3 is 9.88 Å². The van der Waals surface area contributed by atoms with E-state index in [2.05, 4.69) is 39.6 Å². The quantitative estimate of drug-likeness (QED) is 0.711. The first-order valence-electron chi connectivity index (χ1n) is 9.00.